The summed E-state index contributed by atoms with van der Waals surface area (Å²) in [4.78, 5) is 0. The molecule has 0 aromatic rings. The number of hydrogen-bond acceptors (Lipinski definition) is 2. The van der Waals surface area contributed by atoms with Crippen LogP contribution in [0.1, 0.15) is 67.2 Å². The van der Waals surface area contributed by atoms with Crippen LogP contribution in [0.4, 0.5) is 0 Å². The van der Waals surface area contributed by atoms with Gasteiger partial charge in [-0.25, -0.2) is 0 Å². The Balaban J connectivity index is 4.38. The SMILES string of the molecule is CCC(CC)(CNC(CC(C)C)CC(C)C)SC. The van der Waals surface area contributed by atoms with Crippen molar-refractivity contribution < 1.29 is 0 Å². The molecule has 0 aliphatic rings. The van der Waals surface area contributed by atoms with Crippen molar-refractivity contribution in [3.05, 3.63) is 0 Å². The maximum Gasteiger partial charge on any atom is 0.0276 e. The van der Waals surface area contributed by atoms with Crippen LogP contribution in [0.3, 0.4) is 0 Å². The summed E-state index contributed by atoms with van der Waals surface area (Å²) >= 11 is 2.03. The lowest BCUT2D eigenvalue weighted by molar-refractivity contribution is 0.341. The van der Waals surface area contributed by atoms with Gasteiger partial charge in [0.15, 0.2) is 0 Å². The van der Waals surface area contributed by atoms with E-state index in [4.69, 9.17) is 0 Å². The summed E-state index contributed by atoms with van der Waals surface area (Å²) in [7, 11) is 0. The lowest BCUT2D eigenvalue weighted by Gasteiger charge is -2.33. The molecule has 1 N–H and O–H groups in total. The Morgan fingerprint density at radius 2 is 1.39 bits per heavy atom. The van der Waals surface area contributed by atoms with Gasteiger partial charge in [-0.2, -0.15) is 11.8 Å². The molecule has 0 fully saturated rings. The second-order valence-electron chi connectivity index (χ2n) is 6.43. The van der Waals surface area contributed by atoms with E-state index in [9.17, 15) is 0 Å². The van der Waals surface area contributed by atoms with Crippen molar-refractivity contribution in [2.24, 2.45) is 11.8 Å². The second kappa shape index (κ2) is 9.25. The van der Waals surface area contributed by atoms with Gasteiger partial charge in [-0.05, 0) is 43.8 Å². The average molecular weight is 274 g/mol. The zero-order valence-electron chi connectivity index (χ0n) is 13.7. The molecule has 0 radical (unpaired) electrons. The van der Waals surface area contributed by atoms with E-state index in [1.807, 2.05) is 11.8 Å². The highest BCUT2D eigenvalue weighted by molar-refractivity contribution is 8.00. The van der Waals surface area contributed by atoms with Gasteiger partial charge >= 0.3 is 0 Å². The van der Waals surface area contributed by atoms with Crippen LogP contribution in [-0.4, -0.2) is 23.6 Å². The van der Waals surface area contributed by atoms with Crippen molar-refractivity contribution in [2.45, 2.75) is 78.0 Å². The van der Waals surface area contributed by atoms with E-state index in [-0.39, 0.29) is 0 Å². The summed E-state index contributed by atoms with van der Waals surface area (Å²) in [6, 6.07) is 0.689. The van der Waals surface area contributed by atoms with Crippen molar-refractivity contribution in [1.29, 1.82) is 0 Å². The molecule has 0 aliphatic heterocycles. The topological polar surface area (TPSA) is 12.0 Å². The predicted octanol–water partition coefficient (Wildman–Crippen LogP) is 4.96. The molecule has 0 saturated heterocycles. The Hall–Kier alpha value is 0.310. The number of hydrogen-bond donors (Lipinski definition) is 1. The smallest absolute Gasteiger partial charge is 0.0276 e. The number of nitrogens with one attached hydrogen (secondary N) is 1. The van der Waals surface area contributed by atoms with Crippen molar-refractivity contribution in [1.82, 2.24) is 5.32 Å². The third kappa shape index (κ3) is 7.04. The minimum Gasteiger partial charge on any atom is -0.313 e. The quantitative estimate of drug-likeness (QED) is 0.604. The predicted molar refractivity (Wildman–Crippen MR) is 87.5 cm³/mol. The normalized spacial score (nSPS) is 13.0. The van der Waals surface area contributed by atoms with Gasteiger partial charge in [-0.3, -0.25) is 0 Å². The van der Waals surface area contributed by atoms with Gasteiger partial charge in [0.1, 0.15) is 0 Å². The van der Waals surface area contributed by atoms with Crippen LogP contribution in [0, 0.1) is 11.8 Å². The molecule has 0 aliphatic carbocycles. The maximum absolute atomic E-state index is 3.86. The van der Waals surface area contributed by atoms with Crippen LogP contribution in [0.25, 0.3) is 0 Å². The third-order valence-electron chi connectivity index (χ3n) is 3.95. The summed E-state index contributed by atoms with van der Waals surface area (Å²) in [5.74, 6) is 1.57. The molecule has 18 heavy (non-hydrogen) atoms. The first-order valence-electron chi connectivity index (χ1n) is 7.67. The molecular formula is C16H35NS. The van der Waals surface area contributed by atoms with E-state index in [1.54, 1.807) is 0 Å². The highest BCUT2D eigenvalue weighted by Crippen LogP contribution is 2.30. The average Bonchev–Trinajstić information content (AvgIpc) is 2.30. The van der Waals surface area contributed by atoms with Gasteiger partial charge in [-0.15, -0.1) is 0 Å². The molecule has 0 bridgehead atoms. The van der Waals surface area contributed by atoms with Crippen molar-refractivity contribution in [3.8, 4) is 0 Å². The summed E-state index contributed by atoms with van der Waals surface area (Å²) < 4.78 is 0.437. The first-order valence-corrected chi connectivity index (χ1v) is 8.90. The van der Waals surface area contributed by atoms with Crippen molar-refractivity contribution in [2.75, 3.05) is 12.8 Å². The van der Waals surface area contributed by atoms with Gasteiger partial charge in [-0.1, -0.05) is 41.5 Å². The molecule has 0 aromatic heterocycles. The van der Waals surface area contributed by atoms with Crippen LogP contribution >= 0.6 is 11.8 Å². The molecule has 0 rings (SSSR count). The Bertz CT molecular complexity index is 179. The fourth-order valence-electron chi connectivity index (χ4n) is 2.59. The number of rotatable bonds is 10. The molecule has 0 spiro atoms. The molecule has 110 valence electrons. The zero-order valence-corrected chi connectivity index (χ0v) is 14.5. The summed E-state index contributed by atoms with van der Waals surface area (Å²) in [5.41, 5.74) is 0. The van der Waals surface area contributed by atoms with Crippen LogP contribution < -0.4 is 5.32 Å². The first kappa shape index (κ1) is 18.3. The summed E-state index contributed by atoms with van der Waals surface area (Å²) in [6.07, 6.45) is 7.38. The molecule has 0 amide bonds. The Morgan fingerprint density at radius 3 is 1.67 bits per heavy atom. The van der Waals surface area contributed by atoms with E-state index in [0.717, 1.165) is 18.4 Å². The van der Waals surface area contributed by atoms with Gasteiger partial charge in [0.25, 0.3) is 0 Å². The van der Waals surface area contributed by atoms with Crippen LogP contribution in [0.15, 0.2) is 0 Å². The molecular weight excluding hydrogens is 238 g/mol. The molecule has 0 saturated carbocycles. The summed E-state index contributed by atoms with van der Waals surface area (Å²) in [6.45, 7) is 15.1. The maximum atomic E-state index is 3.86. The lowest BCUT2D eigenvalue weighted by atomic mass is 9.94. The van der Waals surface area contributed by atoms with E-state index in [1.165, 1.54) is 25.7 Å². The fourth-order valence-corrected chi connectivity index (χ4v) is 3.40. The second-order valence-corrected chi connectivity index (χ2v) is 7.71. The Morgan fingerprint density at radius 1 is 0.944 bits per heavy atom. The van der Waals surface area contributed by atoms with Crippen molar-refractivity contribution >= 4 is 11.8 Å². The van der Waals surface area contributed by atoms with Crippen molar-refractivity contribution in [3.63, 3.8) is 0 Å². The van der Waals surface area contributed by atoms with Crippen LogP contribution in [-0.2, 0) is 0 Å². The fraction of sp³-hybridized carbons (Fsp3) is 1.00. The first-order chi connectivity index (χ1) is 8.39. The zero-order chi connectivity index (χ0) is 14.2. The standard InChI is InChI=1S/C16H35NS/c1-8-16(9-2,18-7)12-17-15(10-13(3)4)11-14(5)6/h13-15,17H,8-12H2,1-7H3. The highest BCUT2D eigenvalue weighted by atomic mass is 32.2. The lowest BCUT2D eigenvalue weighted by Crippen LogP contribution is -2.42. The van der Waals surface area contributed by atoms with E-state index < -0.39 is 0 Å². The van der Waals surface area contributed by atoms with Crippen LogP contribution in [0.5, 0.6) is 0 Å². The largest absolute Gasteiger partial charge is 0.313 e. The Labute approximate surface area is 120 Å². The Kier molecular flexibility index (Phi) is 9.41. The van der Waals surface area contributed by atoms with E-state index in [0.29, 0.717) is 10.8 Å². The molecule has 1 nitrogen and oxygen atoms in total. The molecule has 0 unspecified atom stereocenters. The molecule has 0 atom stereocenters. The van der Waals surface area contributed by atoms with Gasteiger partial charge < -0.3 is 5.32 Å². The molecule has 0 heterocycles. The number of thioether (sulfide) groups is 1. The minimum absolute atomic E-state index is 0.437. The van der Waals surface area contributed by atoms with Crippen LogP contribution in [0.2, 0.25) is 0 Å². The highest BCUT2D eigenvalue weighted by Gasteiger charge is 2.26. The summed E-state index contributed by atoms with van der Waals surface area (Å²) in [5, 5.41) is 3.86. The molecule has 2 heteroatoms. The van der Waals surface area contributed by atoms with E-state index in [2.05, 4.69) is 53.1 Å². The van der Waals surface area contributed by atoms with Gasteiger partial charge in [0, 0.05) is 17.3 Å². The van der Waals surface area contributed by atoms with E-state index >= 15 is 0 Å². The monoisotopic (exact) mass is 273 g/mol. The molecule has 0 aromatic carbocycles. The third-order valence-corrected chi connectivity index (χ3v) is 5.53. The van der Waals surface area contributed by atoms with Gasteiger partial charge in [0.2, 0.25) is 0 Å². The minimum atomic E-state index is 0.437. The van der Waals surface area contributed by atoms with Gasteiger partial charge in [0.05, 0.1) is 0 Å².